The molecule has 3 heterocycles. The Balaban J connectivity index is 0.00000300. The third kappa shape index (κ3) is 6.51. The van der Waals surface area contributed by atoms with Crippen molar-refractivity contribution < 1.29 is 12.9 Å². The highest BCUT2D eigenvalue weighted by molar-refractivity contribution is 14.0. The third-order valence-corrected chi connectivity index (χ3v) is 7.25. The number of guanidine groups is 1. The van der Waals surface area contributed by atoms with Crippen molar-refractivity contribution in [3.63, 3.8) is 0 Å². The molecule has 1 aromatic heterocycles. The zero-order valence-electron chi connectivity index (χ0n) is 17.3. The summed E-state index contributed by atoms with van der Waals surface area (Å²) in [6.45, 7) is 6.08. The number of hydrogen-bond donors (Lipinski definition) is 1. The molecule has 0 saturated carbocycles. The van der Waals surface area contributed by atoms with E-state index in [9.17, 15) is 8.42 Å². The lowest BCUT2D eigenvalue weighted by Crippen LogP contribution is -2.58. The third-order valence-electron chi connectivity index (χ3n) is 5.44. The molecular formula is C17H32IN7O3S. The minimum Gasteiger partial charge on any atom is -0.364 e. The highest BCUT2D eigenvalue weighted by Crippen LogP contribution is 2.13. The maximum Gasteiger partial charge on any atom is 0.220 e. The van der Waals surface area contributed by atoms with Crippen molar-refractivity contribution >= 4 is 40.0 Å². The number of likely N-dealkylation sites (N-methyl/N-ethyl adjacent to an activating group) is 2. The van der Waals surface area contributed by atoms with Crippen LogP contribution in [0.25, 0.3) is 0 Å². The van der Waals surface area contributed by atoms with Crippen LogP contribution in [0, 0.1) is 0 Å². The van der Waals surface area contributed by atoms with Crippen LogP contribution in [0.1, 0.15) is 5.69 Å². The number of aliphatic imine (C=N–C) groups is 1. The maximum atomic E-state index is 12.6. The highest BCUT2D eigenvalue weighted by atomic mass is 127. The molecule has 0 radical (unpaired) electrons. The van der Waals surface area contributed by atoms with Gasteiger partial charge in [0.2, 0.25) is 10.0 Å². The fourth-order valence-corrected chi connectivity index (χ4v) is 5.06. The Bertz CT molecular complexity index is 751. The van der Waals surface area contributed by atoms with Gasteiger partial charge in [0.15, 0.2) is 5.96 Å². The van der Waals surface area contributed by atoms with Crippen LogP contribution >= 0.6 is 24.0 Å². The Morgan fingerprint density at radius 1 is 1.24 bits per heavy atom. The number of halogens is 1. The number of nitrogens with one attached hydrogen (secondary N) is 1. The van der Waals surface area contributed by atoms with Crippen LogP contribution in [0.15, 0.2) is 21.8 Å². The molecule has 12 heteroatoms. The van der Waals surface area contributed by atoms with Gasteiger partial charge in [-0.3, -0.25) is 9.89 Å². The van der Waals surface area contributed by atoms with Crippen molar-refractivity contribution in [2.45, 2.75) is 11.8 Å². The van der Waals surface area contributed by atoms with Crippen molar-refractivity contribution in [3.8, 4) is 0 Å². The molecule has 1 N–H and O–H groups in total. The highest BCUT2D eigenvalue weighted by Gasteiger charge is 2.29. The van der Waals surface area contributed by atoms with E-state index < -0.39 is 10.0 Å². The van der Waals surface area contributed by atoms with Gasteiger partial charge in [0.05, 0.1) is 5.69 Å². The monoisotopic (exact) mass is 541 g/mol. The number of sulfonamides is 1. The summed E-state index contributed by atoms with van der Waals surface area (Å²) in [4.78, 5) is 11.2. The van der Waals surface area contributed by atoms with Gasteiger partial charge < -0.3 is 19.6 Å². The standard InChI is InChI=1S/C17H31N7O3S.HI/c1-18-17(19-12-16-13-21(2)5-6-22(16)3)23-7-9-24(10-8-23)28(25,26)14-15-4-11-27-20-15;/h4,11,16H,5-10,12-14H2,1-3H3,(H,18,19);1H. The first-order valence-corrected chi connectivity index (χ1v) is 11.2. The van der Waals surface area contributed by atoms with Crippen molar-refractivity contribution in [3.05, 3.63) is 18.0 Å². The average molecular weight is 541 g/mol. The molecule has 10 nitrogen and oxygen atoms in total. The Morgan fingerprint density at radius 3 is 2.59 bits per heavy atom. The molecule has 1 atom stereocenters. The first kappa shape index (κ1) is 24.3. The summed E-state index contributed by atoms with van der Waals surface area (Å²) in [5.41, 5.74) is 0.432. The van der Waals surface area contributed by atoms with Crippen LogP contribution in [0.3, 0.4) is 0 Å². The second kappa shape index (κ2) is 10.9. The summed E-state index contributed by atoms with van der Waals surface area (Å²) in [6, 6.07) is 2.01. The van der Waals surface area contributed by atoms with Gasteiger partial charge in [0.25, 0.3) is 0 Å². The minimum absolute atomic E-state index is 0. The molecule has 1 unspecified atom stereocenters. The molecule has 0 bridgehead atoms. The Morgan fingerprint density at radius 2 is 1.97 bits per heavy atom. The second-order valence-electron chi connectivity index (χ2n) is 7.46. The Kier molecular flexibility index (Phi) is 9.13. The number of piperazine rings is 2. The average Bonchev–Trinajstić information content (AvgIpc) is 3.17. The molecule has 0 aromatic carbocycles. The molecular weight excluding hydrogens is 509 g/mol. The molecule has 29 heavy (non-hydrogen) atoms. The fraction of sp³-hybridized carbons (Fsp3) is 0.765. The van der Waals surface area contributed by atoms with E-state index in [0.29, 0.717) is 37.9 Å². The van der Waals surface area contributed by atoms with Gasteiger partial charge in [0, 0.05) is 71.5 Å². The summed E-state index contributed by atoms with van der Waals surface area (Å²) in [5.74, 6) is 0.702. The van der Waals surface area contributed by atoms with E-state index in [2.05, 4.69) is 44.3 Å². The van der Waals surface area contributed by atoms with Crippen molar-refractivity contribution in [1.29, 1.82) is 0 Å². The van der Waals surface area contributed by atoms with E-state index in [0.717, 1.165) is 32.1 Å². The molecule has 2 fully saturated rings. The van der Waals surface area contributed by atoms with Gasteiger partial charge >= 0.3 is 0 Å². The van der Waals surface area contributed by atoms with Gasteiger partial charge in [-0.05, 0) is 14.1 Å². The molecule has 2 aliphatic heterocycles. The number of rotatable bonds is 5. The minimum atomic E-state index is -3.39. The largest absolute Gasteiger partial charge is 0.364 e. The van der Waals surface area contributed by atoms with E-state index in [1.54, 1.807) is 13.1 Å². The van der Waals surface area contributed by atoms with Crippen LogP contribution in [-0.2, 0) is 15.8 Å². The fourth-order valence-electron chi connectivity index (χ4n) is 3.63. The first-order valence-electron chi connectivity index (χ1n) is 9.60. The van der Waals surface area contributed by atoms with Crippen LogP contribution in [0.2, 0.25) is 0 Å². The SMILES string of the molecule is CN=C(NCC1CN(C)CCN1C)N1CCN(S(=O)(=O)Cc2ccon2)CC1.I. The molecule has 2 aliphatic rings. The molecule has 2 saturated heterocycles. The maximum absolute atomic E-state index is 12.6. The molecule has 3 rings (SSSR count). The first-order chi connectivity index (χ1) is 13.4. The summed E-state index contributed by atoms with van der Waals surface area (Å²) < 4.78 is 31.4. The van der Waals surface area contributed by atoms with Gasteiger partial charge in [-0.1, -0.05) is 5.16 Å². The van der Waals surface area contributed by atoms with Gasteiger partial charge in [-0.15, -0.1) is 24.0 Å². The molecule has 0 aliphatic carbocycles. The van der Waals surface area contributed by atoms with Crippen LogP contribution in [0.4, 0.5) is 0 Å². The van der Waals surface area contributed by atoms with Crippen molar-refractivity contribution in [2.75, 3.05) is 73.5 Å². The predicted octanol–water partition coefficient (Wildman–Crippen LogP) is -0.439. The lowest BCUT2D eigenvalue weighted by Gasteiger charge is -2.39. The number of nitrogens with zero attached hydrogens (tertiary/aromatic N) is 6. The van der Waals surface area contributed by atoms with Crippen LogP contribution in [0.5, 0.6) is 0 Å². The van der Waals surface area contributed by atoms with E-state index in [-0.39, 0.29) is 29.7 Å². The quantitative estimate of drug-likeness (QED) is 0.305. The zero-order valence-corrected chi connectivity index (χ0v) is 20.5. The molecule has 0 amide bonds. The normalized spacial score (nSPS) is 23.1. The molecule has 1 aromatic rings. The van der Waals surface area contributed by atoms with Gasteiger partial charge in [-0.2, -0.15) is 4.31 Å². The number of hydrogen-bond acceptors (Lipinski definition) is 7. The lowest BCUT2D eigenvalue weighted by atomic mass is 10.2. The zero-order chi connectivity index (χ0) is 20.1. The van der Waals surface area contributed by atoms with E-state index in [1.165, 1.54) is 10.6 Å². The Hall–Kier alpha value is -0.960. The predicted molar refractivity (Wildman–Crippen MR) is 123 cm³/mol. The van der Waals surface area contributed by atoms with Gasteiger partial charge in [-0.25, -0.2) is 8.42 Å². The summed E-state index contributed by atoms with van der Waals surface area (Å²) in [7, 11) is 2.68. The smallest absolute Gasteiger partial charge is 0.220 e. The van der Waals surface area contributed by atoms with E-state index >= 15 is 0 Å². The van der Waals surface area contributed by atoms with Crippen molar-refractivity contribution in [2.24, 2.45) is 4.99 Å². The second-order valence-corrected chi connectivity index (χ2v) is 9.43. The summed E-state index contributed by atoms with van der Waals surface area (Å²) >= 11 is 0. The van der Waals surface area contributed by atoms with Crippen LogP contribution in [-0.4, -0.2) is 118 Å². The topological polar surface area (TPSA) is 97.5 Å². The molecule has 166 valence electrons. The van der Waals surface area contributed by atoms with E-state index in [1.807, 2.05) is 0 Å². The number of aromatic nitrogens is 1. The molecule has 0 spiro atoms. The lowest BCUT2D eigenvalue weighted by molar-refractivity contribution is 0.115. The van der Waals surface area contributed by atoms with Gasteiger partial charge in [0.1, 0.15) is 12.0 Å². The van der Waals surface area contributed by atoms with Crippen LogP contribution < -0.4 is 5.32 Å². The van der Waals surface area contributed by atoms with E-state index in [4.69, 9.17) is 4.52 Å². The summed E-state index contributed by atoms with van der Waals surface area (Å²) in [5, 5.41) is 7.17. The summed E-state index contributed by atoms with van der Waals surface area (Å²) in [6.07, 6.45) is 1.39. The Labute approximate surface area is 190 Å². The van der Waals surface area contributed by atoms with Crippen molar-refractivity contribution in [1.82, 2.24) is 29.5 Å².